The first-order chi connectivity index (χ1) is 5.66. The lowest BCUT2D eigenvalue weighted by atomic mass is 10.2. The van der Waals surface area contributed by atoms with Crippen molar-refractivity contribution in [2.24, 2.45) is 5.16 Å². The van der Waals surface area contributed by atoms with Crippen molar-refractivity contribution in [1.82, 2.24) is 0 Å². The zero-order chi connectivity index (χ0) is 9.14. The Labute approximate surface area is 72.1 Å². The molecule has 0 aromatic heterocycles. The van der Waals surface area contributed by atoms with Gasteiger partial charge in [0.25, 0.3) is 0 Å². The summed E-state index contributed by atoms with van der Waals surface area (Å²) in [6.45, 7) is 0. The Kier molecular flexibility index (Phi) is 2.60. The maximum absolute atomic E-state index is 12.9. The largest absolute Gasteiger partial charge is 0.411 e. The van der Waals surface area contributed by atoms with E-state index in [0.29, 0.717) is 6.21 Å². The summed E-state index contributed by atoms with van der Waals surface area (Å²) >= 11 is 5.34. The van der Waals surface area contributed by atoms with Gasteiger partial charge in [0.15, 0.2) is 5.82 Å². The van der Waals surface area contributed by atoms with Crippen molar-refractivity contribution >= 4 is 17.8 Å². The minimum absolute atomic E-state index is 0.216. The van der Waals surface area contributed by atoms with Crippen LogP contribution in [0.25, 0.3) is 0 Å². The van der Waals surface area contributed by atoms with Crippen molar-refractivity contribution in [3.63, 3.8) is 0 Å². The van der Waals surface area contributed by atoms with E-state index in [9.17, 15) is 8.78 Å². The number of rotatable bonds is 1. The van der Waals surface area contributed by atoms with Gasteiger partial charge in [-0.3, -0.25) is 0 Å². The average molecular weight is 192 g/mol. The molecule has 0 atom stereocenters. The molecule has 0 aliphatic carbocycles. The van der Waals surface area contributed by atoms with Gasteiger partial charge >= 0.3 is 0 Å². The Bertz CT molecular complexity index is 327. The lowest BCUT2D eigenvalue weighted by Gasteiger charge is -1.98. The van der Waals surface area contributed by atoms with Gasteiger partial charge in [-0.1, -0.05) is 16.8 Å². The summed E-state index contributed by atoms with van der Waals surface area (Å²) in [7, 11) is 0. The highest BCUT2D eigenvalue weighted by Crippen LogP contribution is 2.19. The third-order valence-electron chi connectivity index (χ3n) is 1.27. The van der Waals surface area contributed by atoms with Crippen LogP contribution >= 0.6 is 11.6 Å². The van der Waals surface area contributed by atoms with E-state index < -0.39 is 17.2 Å². The Morgan fingerprint density at radius 1 is 1.42 bits per heavy atom. The summed E-state index contributed by atoms with van der Waals surface area (Å²) in [5, 5.41) is 10.3. The van der Waals surface area contributed by atoms with E-state index >= 15 is 0 Å². The topological polar surface area (TPSA) is 32.6 Å². The minimum atomic E-state index is -0.936. The molecule has 2 nitrogen and oxygen atoms in total. The molecular weight excluding hydrogens is 188 g/mol. The zero-order valence-corrected chi connectivity index (χ0v) is 6.52. The molecule has 0 bridgehead atoms. The number of benzene rings is 1. The lowest BCUT2D eigenvalue weighted by molar-refractivity contribution is 0.321. The summed E-state index contributed by atoms with van der Waals surface area (Å²) in [6, 6.07) is 2.07. The quantitative estimate of drug-likeness (QED) is 0.314. The zero-order valence-electron chi connectivity index (χ0n) is 5.76. The molecular formula is C7H4ClF2NO. The Morgan fingerprint density at radius 2 is 2.08 bits per heavy atom. The molecule has 1 rings (SSSR count). The third kappa shape index (κ3) is 1.53. The molecule has 0 fully saturated rings. The molecule has 0 unspecified atom stereocenters. The molecule has 1 aromatic carbocycles. The van der Waals surface area contributed by atoms with Gasteiger partial charge < -0.3 is 5.21 Å². The van der Waals surface area contributed by atoms with E-state index in [1.165, 1.54) is 0 Å². The van der Waals surface area contributed by atoms with Crippen LogP contribution in [-0.4, -0.2) is 11.4 Å². The predicted octanol–water partition coefficient (Wildman–Crippen LogP) is 2.43. The predicted molar refractivity (Wildman–Crippen MR) is 40.7 cm³/mol. The Morgan fingerprint density at radius 3 is 2.67 bits per heavy atom. The van der Waals surface area contributed by atoms with Gasteiger partial charge in [-0.05, 0) is 12.1 Å². The fourth-order valence-electron chi connectivity index (χ4n) is 0.719. The maximum Gasteiger partial charge on any atom is 0.153 e. The van der Waals surface area contributed by atoms with Gasteiger partial charge in [-0.15, -0.1) is 0 Å². The molecule has 1 aromatic rings. The van der Waals surface area contributed by atoms with Crippen LogP contribution in [0.15, 0.2) is 17.3 Å². The van der Waals surface area contributed by atoms with Gasteiger partial charge in [-0.25, -0.2) is 8.78 Å². The van der Waals surface area contributed by atoms with Gasteiger partial charge in [0.2, 0.25) is 0 Å². The highest BCUT2D eigenvalue weighted by atomic mass is 35.5. The SMILES string of the molecule is O/N=C\c1c(F)ccc(Cl)c1F. The van der Waals surface area contributed by atoms with E-state index in [1.807, 2.05) is 0 Å². The number of nitrogens with zero attached hydrogens (tertiary/aromatic N) is 1. The van der Waals surface area contributed by atoms with Crippen LogP contribution in [-0.2, 0) is 0 Å². The molecule has 12 heavy (non-hydrogen) atoms. The molecule has 0 aliphatic rings. The van der Waals surface area contributed by atoms with Crippen LogP contribution in [0, 0.1) is 11.6 Å². The first kappa shape index (κ1) is 8.93. The number of halogens is 3. The van der Waals surface area contributed by atoms with Crippen LogP contribution in [0.2, 0.25) is 5.02 Å². The second kappa shape index (κ2) is 3.49. The van der Waals surface area contributed by atoms with Crippen molar-refractivity contribution in [3.05, 3.63) is 34.4 Å². The van der Waals surface area contributed by atoms with Gasteiger partial charge in [-0.2, -0.15) is 0 Å². The Balaban J connectivity index is 3.32. The second-order valence-electron chi connectivity index (χ2n) is 2.00. The van der Waals surface area contributed by atoms with Crippen molar-refractivity contribution in [1.29, 1.82) is 0 Å². The fraction of sp³-hybridized carbons (Fsp3) is 0. The summed E-state index contributed by atoms with van der Waals surface area (Å²) in [4.78, 5) is 0. The van der Waals surface area contributed by atoms with Crippen molar-refractivity contribution in [2.75, 3.05) is 0 Å². The molecule has 0 amide bonds. The summed E-state index contributed by atoms with van der Waals surface area (Å²) in [6.07, 6.45) is 0.649. The molecule has 0 heterocycles. The second-order valence-corrected chi connectivity index (χ2v) is 2.41. The monoisotopic (exact) mass is 191 g/mol. The van der Waals surface area contributed by atoms with Crippen molar-refractivity contribution in [2.45, 2.75) is 0 Å². The van der Waals surface area contributed by atoms with Crippen LogP contribution in [0.1, 0.15) is 5.56 Å². The van der Waals surface area contributed by atoms with E-state index in [0.717, 1.165) is 12.1 Å². The molecule has 0 saturated heterocycles. The summed E-state index contributed by atoms with van der Waals surface area (Å²) in [5.74, 6) is -1.76. The van der Waals surface area contributed by atoms with Crippen molar-refractivity contribution < 1.29 is 14.0 Å². The average Bonchev–Trinajstić information content (AvgIpc) is 2.06. The van der Waals surface area contributed by atoms with E-state index in [-0.39, 0.29) is 5.02 Å². The molecule has 0 radical (unpaired) electrons. The molecule has 64 valence electrons. The standard InChI is InChI=1S/C7H4ClF2NO/c8-5-1-2-6(9)4(3-11-12)7(5)10/h1-3,12H/b11-3-. The molecule has 0 aliphatic heterocycles. The summed E-state index contributed by atoms with van der Waals surface area (Å²) < 4.78 is 25.6. The van der Waals surface area contributed by atoms with E-state index in [4.69, 9.17) is 16.8 Å². The van der Waals surface area contributed by atoms with Gasteiger partial charge in [0.05, 0.1) is 16.8 Å². The molecule has 0 saturated carbocycles. The number of hydrogen-bond acceptors (Lipinski definition) is 2. The van der Waals surface area contributed by atoms with Crippen LogP contribution in [0.4, 0.5) is 8.78 Å². The van der Waals surface area contributed by atoms with Crippen LogP contribution in [0.3, 0.4) is 0 Å². The van der Waals surface area contributed by atoms with Gasteiger partial charge in [0.1, 0.15) is 5.82 Å². The van der Waals surface area contributed by atoms with Crippen LogP contribution < -0.4 is 0 Å². The van der Waals surface area contributed by atoms with Crippen LogP contribution in [0.5, 0.6) is 0 Å². The molecule has 1 N–H and O–H groups in total. The third-order valence-corrected chi connectivity index (χ3v) is 1.56. The molecule has 0 spiro atoms. The normalized spacial score (nSPS) is 10.9. The Hall–Kier alpha value is -1.16. The van der Waals surface area contributed by atoms with Crippen molar-refractivity contribution in [3.8, 4) is 0 Å². The minimum Gasteiger partial charge on any atom is -0.411 e. The maximum atomic E-state index is 12.9. The fourth-order valence-corrected chi connectivity index (χ4v) is 0.884. The smallest absolute Gasteiger partial charge is 0.153 e. The first-order valence-corrected chi connectivity index (χ1v) is 3.35. The lowest BCUT2D eigenvalue weighted by Crippen LogP contribution is -1.94. The number of hydrogen-bond donors (Lipinski definition) is 1. The summed E-state index contributed by atoms with van der Waals surface area (Å²) in [5.41, 5.74) is -0.454. The highest BCUT2D eigenvalue weighted by Gasteiger charge is 2.09. The molecule has 5 heteroatoms. The van der Waals surface area contributed by atoms with E-state index in [1.54, 1.807) is 0 Å². The van der Waals surface area contributed by atoms with E-state index in [2.05, 4.69) is 5.16 Å². The number of oxime groups is 1. The highest BCUT2D eigenvalue weighted by molar-refractivity contribution is 6.31. The first-order valence-electron chi connectivity index (χ1n) is 2.97. The van der Waals surface area contributed by atoms with Gasteiger partial charge in [0, 0.05) is 0 Å².